The zero-order chi connectivity index (χ0) is 13.3. The highest BCUT2D eigenvalue weighted by Gasteiger charge is 2.45. The van der Waals surface area contributed by atoms with Crippen LogP contribution in [0.25, 0.3) is 0 Å². The van der Waals surface area contributed by atoms with E-state index < -0.39 is 24.0 Å². The van der Waals surface area contributed by atoms with Crippen LogP contribution in [0.4, 0.5) is 4.39 Å². The van der Waals surface area contributed by atoms with Crippen LogP contribution in [0.15, 0.2) is 24.3 Å². The van der Waals surface area contributed by atoms with Crippen LogP contribution < -0.4 is 0 Å². The number of rotatable bonds is 4. The molecular weight excluding hydrogens is 382 g/mol. The summed E-state index contributed by atoms with van der Waals surface area (Å²) in [6, 6.07) is 4.89. The first kappa shape index (κ1) is 15.1. The first-order chi connectivity index (χ1) is 7.72. The summed E-state index contributed by atoms with van der Waals surface area (Å²) >= 11 is 7.40. The van der Waals surface area contributed by atoms with Crippen molar-refractivity contribution in [1.82, 2.24) is 0 Å². The first-order valence-corrected chi connectivity index (χ1v) is 7.87. The summed E-state index contributed by atoms with van der Waals surface area (Å²) in [5, 5.41) is 9.96. The van der Waals surface area contributed by atoms with E-state index in [-0.39, 0.29) is 11.3 Å². The quantitative estimate of drug-likeness (QED) is 0.633. The maximum Gasteiger partial charge on any atom is 0.225 e. The minimum absolute atomic E-state index is 0.183. The van der Waals surface area contributed by atoms with E-state index in [9.17, 15) is 17.9 Å². The van der Waals surface area contributed by atoms with Crippen LogP contribution in [-0.2, 0) is 9.84 Å². The second-order valence-corrected chi connectivity index (χ2v) is 9.76. The number of sulfone groups is 1. The summed E-state index contributed by atoms with van der Waals surface area (Å²) in [6.07, 6.45) is -1.42. The van der Waals surface area contributed by atoms with Crippen LogP contribution in [0.5, 0.6) is 0 Å². The SMILES string of the molecule is CCS(=O)(=O)[C@@](Cl)(I)[C@@H](O)c1ccc(F)cc1. The van der Waals surface area contributed by atoms with Gasteiger partial charge in [-0.15, -0.1) is 0 Å². The number of benzene rings is 1. The molecule has 0 aliphatic rings. The van der Waals surface area contributed by atoms with Crippen molar-refractivity contribution in [2.75, 3.05) is 5.75 Å². The monoisotopic (exact) mass is 392 g/mol. The van der Waals surface area contributed by atoms with Crippen LogP contribution in [0, 0.1) is 5.82 Å². The topological polar surface area (TPSA) is 54.4 Å². The van der Waals surface area contributed by atoms with Crippen molar-refractivity contribution in [2.24, 2.45) is 0 Å². The van der Waals surface area contributed by atoms with E-state index in [0.717, 1.165) is 12.1 Å². The minimum Gasteiger partial charge on any atom is -0.385 e. The van der Waals surface area contributed by atoms with E-state index in [2.05, 4.69) is 0 Å². The molecular formula is C10H11ClFIO3S. The molecule has 0 amide bonds. The fourth-order valence-electron chi connectivity index (χ4n) is 1.20. The zero-order valence-electron chi connectivity index (χ0n) is 8.90. The van der Waals surface area contributed by atoms with E-state index in [1.165, 1.54) is 41.6 Å². The fourth-order valence-corrected chi connectivity index (χ4v) is 3.81. The number of aliphatic hydroxyl groups is 1. The van der Waals surface area contributed by atoms with E-state index in [4.69, 9.17) is 11.6 Å². The maximum absolute atomic E-state index is 12.7. The fraction of sp³-hybridized carbons (Fsp3) is 0.400. The van der Waals surface area contributed by atoms with Gasteiger partial charge in [-0.1, -0.05) is 30.7 Å². The first-order valence-electron chi connectivity index (χ1n) is 4.76. The molecule has 0 radical (unpaired) electrons. The Labute approximate surface area is 118 Å². The van der Waals surface area contributed by atoms with Crippen LogP contribution >= 0.6 is 34.2 Å². The number of alkyl halides is 2. The predicted octanol–water partition coefficient (Wildman–Crippen LogP) is 2.62. The minimum atomic E-state index is -3.65. The molecule has 2 atom stereocenters. The molecule has 0 saturated heterocycles. The summed E-state index contributed by atoms with van der Waals surface area (Å²) in [6.45, 7) is 1.45. The Hall–Kier alpha value is 0.0800. The van der Waals surface area contributed by atoms with Crippen LogP contribution in [0.1, 0.15) is 18.6 Å². The molecule has 17 heavy (non-hydrogen) atoms. The maximum atomic E-state index is 12.7. The van der Waals surface area contributed by atoms with Crippen LogP contribution in [0.3, 0.4) is 0 Å². The lowest BCUT2D eigenvalue weighted by atomic mass is 10.1. The molecule has 7 heteroatoms. The highest BCUT2D eigenvalue weighted by molar-refractivity contribution is 14.1. The average molecular weight is 393 g/mol. The molecule has 3 nitrogen and oxygen atoms in total. The van der Waals surface area contributed by atoms with Gasteiger partial charge >= 0.3 is 0 Å². The van der Waals surface area contributed by atoms with Gasteiger partial charge in [0, 0.05) is 0 Å². The van der Waals surface area contributed by atoms with Crippen molar-refractivity contribution in [3.63, 3.8) is 0 Å². The van der Waals surface area contributed by atoms with Gasteiger partial charge in [-0.05, 0) is 40.3 Å². The predicted molar refractivity (Wildman–Crippen MR) is 73.4 cm³/mol. The Morgan fingerprint density at radius 3 is 2.35 bits per heavy atom. The van der Waals surface area contributed by atoms with Crippen molar-refractivity contribution >= 4 is 44.0 Å². The summed E-state index contributed by atoms with van der Waals surface area (Å²) in [5.41, 5.74) is 0.257. The Bertz CT molecular complexity index is 487. The molecule has 1 aromatic carbocycles. The Morgan fingerprint density at radius 1 is 1.47 bits per heavy atom. The second-order valence-electron chi connectivity index (χ2n) is 3.42. The molecule has 0 saturated carbocycles. The van der Waals surface area contributed by atoms with Gasteiger partial charge in [-0.25, -0.2) is 12.8 Å². The Kier molecular flexibility index (Phi) is 4.79. The lowest BCUT2D eigenvalue weighted by Gasteiger charge is -2.25. The Balaban J connectivity index is 3.12. The molecule has 0 spiro atoms. The highest BCUT2D eigenvalue weighted by atomic mass is 127. The van der Waals surface area contributed by atoms with Gasteiger partial charge in [-0.3, -0.25) is 0 Å². The summed E-state index contributed by atoms with van der Waals surface area (Å²) in [5.74, 6) is -0.648. The molecule has 0 aromatic heterocycles. The summed E-state index contributed by atoms with van der Waals surface area (Å²) in [7, 11) is -3.65. The van der Waals surface area contributed by atoms with Gasteiger partial charge in [-0.2, -0.15) is 0 Å². The van der Waals surface area contributed by atoms with Crippen molar-refractivity contribution in [3.05, 3.63) is 35.6 Å². The molecule has 1 rings (SSSR count). The molecule has 0 aliphatic heterocycles. The normalized spacial score (nSPS) is 17.5. The molecule has 96 valence electrons. The van der Waals surface area contributed by atoms with Gasteiger partial charge in [0.25, 0.3) is 0 Å². The molecule has 0 heterocycles. The molecule has 1 aromatic rings. The molecule has 0 bridgehead atoms. The third-order valence-corrected chi connectivity index (χ3v) is 7.63. The number of hydrogen-bond donors (Lipinski definition) is 1. The lowest BCUT2D eigenvalue weighted by Crippen LogP contribution is -2.34. The second kappa shape index (κ2) is 5.38. The number of aliphatic hydroxyl groups excluding tert-OH is 1. The van der Waals surface area contributed by atoms with Crippen LogP contribution in [-0.4, -0.2) is 21.5 Å². The molecule has 0 unspecified atom stereocenters. The number of halogens is 3. The van der Waals surface area contributed by atoms with Crippen molar-refractivity contribution in [1.29, 1.82) is 0 Å². The van der Waals surface area contributed by atoms with E-state index in [1.807, 2.05) is 0 Å². The highest BCUT2D eigenvalue weighted by Crippen LogP contribution is 2.43. The molecule has 0 fully saturated rings. The largest absolute Gasteiger partial charge is 0.385 e. The standard InChI is InChI=1S/C10H11ClFIO3S/c1-2-17(15,16)10(11,13)9(14)7-3-5-8(12)6-4-7/h3-6,9,14H,2H2,1H3/t9-,10-/m0/s1. The smallest absolute Gasteiger partial charge is 0.225 e. The molecule has 1 N–H and O–H groups in total. The van der Waals surface area contributed by atoms with Crippen molar-refractivity contribution < 1.29 is 17.9 Å². The van der Waals surface area contributed by atoms with E-state index in [1.54, 1.807) is 0 Å². The van der Waals surface area contributed by atoms with Gasteiger partial charge in [0.1, 0.15) is 11.9 Å². The van der Waals surface area contributed by atoms with E-state index >= 15 is 0 Å². The summed E-state index contributed by atoms with van der Waals surface area (Å²) in [4.78, 5) is 0. The third kappa shape index (κ3) is 3.10. The van der Waals surface area contributed by atoms with Gasteiger partial charge in [0.15, 0.2) is 9.84 Å². The van der Waals surface area contributed by atoms with Crippen molar-refractivity contribution in [2.45, 2.75) is 15.2 Å². The van der Waals surface area contributed by atoms with Gasteiger partial charge < -0.3 is 5.11 Å². The third-order valence-electron chi connectivity index (χ3n) is 2.30. The van der Waals surface area contributed by atoms with Gasteiger partial charge in [0.2, 0.25) is 2.21 Å². The lowest BCUT2D eigenvalue weighted by molar-refractivity contribution is 0.187. The molecule has 0 aliphatic carbocycles. The number of hydrogen-bond acceptors (Lipinski definition) is 3. The van der Waals surface area contributed by atoms with E-state index in [0.29, 0.717) is 0 Å². The Morgan fingerprint density at radius 2 is 1.94 bits per heavy atom. The van der Waals surface area contributed by atoms with Crippen molar-refractivity contribution in [3.8, 4) is 0 Å². The van der Waals surface area contributed by atoms with Gasteiger partial charge in [0.05, 0.1) is 5.75 Å². The van der Waals surface area contributed by atoms with Crippen LogP contribution in [0.2, 0.25) is 0 Å². The zero-order valence-corrected chi connectivity index (χ0v) is 12.6. The average Bonchev–Trinajstić information content (AvgIpc) is 2.28. The summed E-state index contributed by atoms with van der Waals surface area (Å²) < 4.78 is 34.3.